The van der Waals surface area contributed by atoms with Crippen molar-refractivity contribution in [3.05, 3.63) is 10.4 Å². The van der Waals surface area contributed by atoms with E-state index in [0.29, 0.717) is 28.4 Å². The smallest absolute Gasteiger partial charge is 0.263 e. The molecule has 1 fully saturated rings. The fourth-order valence-corrected chi connectivity index (χ4v) is 3.94. The fourth-order valence-electron chi connectivity index (χ4n) is 2.68. The van der Waals surface area contributed by atoms with Gasteiger partial charge in [-0.1, -0.05) is 20.3 Å². The third kappa shape index (κ3) is 3.70. The van der Waals surface area contributed by atoms with Crippen molar-refractivity contribution in [2.24, 2.45) is 5.92 Å². The Bertz CT molecular complexity index is 508. The number of carbonyl (C=O) groups excluding carboxylic acids is 1. The average Bonchev–Trinajstić information content (AvgIpc) is 3.23. The highest BCUT2D eigenvalue weighted by atomic mass is 32.1. The number of nitrogens with one attached hydrogen (secondary N) is 2. The molecule has 2 rings (SSSR count). The van der Waals surface area contributed by atoms with E-state index in [0.717, 1.165) is 11.4 Å². The van der Waals surface area contributed by atoms with E-state index in [1.165, 1.54) is 36.2 Å². The van der Waals surface area contributed by atoms with Crippen molar-refractivity contribution in [3.8, 4) is 0 Å². The highest BCUT2D eigenvalue weighted by molar-refractivity contribution is 7.18. The van der Waals surface area contributed by atoms with Crippen LogP contribution in [0.5, 0.6) is 0 Å². The zero-order valence-corrected chi connectivity index (χ0v) is 14.3. The van der Waals surface area contributed by atoms with Crippen molar-refractivity contribution < 1.29 is 4.79 Å². The normalized spacial score (nSPS) is 17.3. The SMILES string of the molecule is CCC(C)CC(C)Nc1sc(C(=O)NC)c(N)c1C1CC1. The van der Waals surface area contributed by atoms with E-state index in [1.807, 2.05) is 0 Å². The Morgan fingerprint density at radius 3 is 2.62 bits per heavy atom. The number of amides is 1. The summed E-state index contributed by atoms with van der Waals surface area (Å²) in [7, 11) is 1.65. The van der Waals surface area contributed by atoms with Crippen LogP contribution in [0.15, 0.2) is 0 Å². The first-order chi connectivity index (χ1) is 9.97. The molecule has 118 valence electrons. The van der Waals surface area contributed by atoms with Crippen LogP contribution in [-0.2, 0) is 0 Å². The van der Waals surface area contributed by atoms with Crippen molar-refractivity contribution >= 4 is 27.9 Å². The van der Waals surface area contributed by atoms with Gasteiger partial charge in [0.15, 0.2) is 0 Å². The molecule has 21 heavy (non-hydrogen) atoms. The molecule has 1 amide bonds. The molecule has 2 atom stereocenters. The summed E-state index contributed by atoms with van der Waals surface area (Å²) < 4.78 is 0. The molecule has 0 spiro atoms. The molecule has 1 aromatic heterocycles. The predicted molar refractivity (Wildman–Crippen MR) is 91.3 cm³/mol. The third-order valence-electron chi connectivity index (χ3n) is 4.23. The number of hydrogen-bond acceptors (Lipinski definition) is 4. The van der Waals surface area contributed by atoms with Crippen LogP contribution in [0.1, 0.15) is 67.6 Å². The van der Waals surface area contributed by atoms with Gasteiger partial charge in [0.05, 0.1) is 10.7 Å². The summed E-state index contributed by atoms with van der Waals surface area (Å²) in [5.41, 5.74) is 8.09. The monoisotopic (exact) mass is 309 g/mol. The van der Waals surface area contributed by atoms with Gasteiger partial charge in [-0.3, -0.25) is 4.79 Å². The maximum atomic E-state index is 11.9. The predicted octanol–water partition coefficient (Wildman–Crippen LogP) is 3.80. The molecule has 1 aliphatic rings. The van der Waals surface area contributed by atoms with Crippen LogP contribution in [0.25, 0.3) is 0 Å². The summed E-state index contributed by atoms with van der Waals surface area (Å²) in [5, 5.41) is 7.38. The van der Waals surface area contributed by atoms with Crippen LogP contribution in [0.2, 0.25) is 0 Å². The number of nitrogen functional groups attached to an aromatic ring is 1. The quantitative estimate of drug-likeness (QED) is 0.717. The lowest BCUT2D eigenvalue weighted by atomic mass is 10.0. The first-order valence-corrected chi connectivity index (χ1v) is 8.70. The lowest BCUT2D eigenvalue weighted by Gasteiger charge is -2.18. The van der Waals surface area contributed by atoms with Crippen molar-refractivity contribution in [1.29, 1.82) is 0 Å². The topological polar surface area (TPSA) is 67.2 Å². The van der Waals surface area contributed by atoms with Gasteiger partial charge in [0, 0.05) is 18.7 Å². The van der Waals surface area contributed by atoms with Gasteiger partial charge >= 0.3 is 0 Å². The van der Waals surface area contributed by atoms with Crippen LogP contribution < -0.4 is 16.4 Å². The molecule has 4 N–H and O–H groups in total. The minimum atomic E-state index is -0.0815. The largest absolute Gasteiger partial charge is 0.397 e. The first-order valence-electron chi connectivity index (χ1n) is 7.88. The van der Waals surface area contributed by atoms with Crippen molar-refractivity contribution in [1.82, 2.24) is 5.32 Å². The van der Waals surface area contributed by atoms with Crippen LogP contribution in [0, 0.1) is 5.92 Å². The number of nitrogens with two attached hydrogens (primary N) is 1. The standard InChI is InChI=1S/C16H27N3OS/c1-5-9(2)8-10(3)19-16-12(11-6-7-11)13(17)14(21-16)15(20)18-4/h9-11,19H,5-8,17H2,1-4H3,(H,18,20). The van der Waals surface area contributed by atoms with Gasteiger partial charge in [-0.2, -0.15) is 0 Å². The molecule has 0 aliphatic heterocycles. The van der Waals surface area contributed by atoms with E-state index < -0.39 is 0 Å². The molecule has 1 aromatic rings. The van der Waals surface area contributed by atoms with Crippen molar-refractivity contribution in [2.45, 2.75) is 58.4 Å². The van der Waals surface area contributed by atoms with E-state index in [9.17, 15) is 4.79 Å². The highest BCUT2D eigenvalue weighted by Gasteiger charge is 2.33. The number of rotatable bonds is 7. The Balaban J connectivity index is 2.19. The Morgan fingerprint density at radius 2 is 2.10 bits per heavy atom. The second kappa shape index (κ2) is 6.69. The van der Waals surface area contributed by atoms with Gasteiger partial charge in [0.2, 0.25) is 0 Å². The second-order valence-electron chi connectivity index (χ2n) is 6.24. The Kier molecular flexibility index (Phi) is 5.14. The maximum absolute atomic E-state index is 11.9. The van der Waals surface area contributed by atoms with Gasteiger partial charge in [-0.15, -0.1) is 11.3 Å². The molecule has 4 nitrogen and oxygen atoms in total. The molecule has 0 aromatic carbocycles. The molecule has 1 aliphatic carbocycles. The van der Waals surface area contributed by atoms with E-state index >= 15 is 0 Å². The maximum Gasteiger partial charge on any atom is 0.263 e. The molecule has 2 unspecified atom stereocenters. The lowest BCUT2D eigenvalue weighted by molar-refractivity contribution is 0.0968. The van der Waals surface area contributed by atoms with Crippen LogP contribution in [0.4, 0.5) is 10.7 Å². The zero-order valence-electron chi connectivity index (χ0n) is 13.5. The van der Waals surface area contributed by atoms with E-state index in [4.69, 9.17) is 5.73 Å². The average molecular weight is 309 g/mol. The summed E-state index contributed by atoms with van der Waals surface area (Å²) in [5.74, 6) is 1.16. The summed E-state index contributed by atoms with van der Waals surface area (Å²) in [6, 6.07) is 0.396. The summed E-state index contributed by atoms with van der Waals surface area (Å²) in [4.78, 5) is 12.6. The van der Waals surface area contributed by atoms with Gasteiger partial charge in [0.1, 0.15) is 4.88 Å². The minimum absolute atomic E-state index is 0.0815. The number of thiophene rings is 1. The Hall–Kier alpha value is -1.23. The second-order valence-corrected chi connectivity index (χ2v) is 7.26. The third-order valence-corrected chi connectivity index (χ3v) is 5.38. The Morgan fingerprint density at radius 1 is 1.43 bits per heavy atom. The number of carbonyl (C=O) groups is 1. The van der Waals surface area contributed by atoms with Crippen LogP contribution in [-0.4, -0.2) is 19.0 Å². The number of anilines is 2. The molecule has 0 bridgehead atoms. The molecular formula is C16H27N3OS. The molecule has 5 heteroatoms. The first kappa shape index (κ1) is 16.1. The molecule has 0 saturated heterocycles. The molecule has 0 radical (unpaired) electrons. The van der Waals surface area contributed by atoms with Gasteiger partial charge in [-0.25, -0.2) is 0 Å². The molecular weight excluding hydrogens is 282 g/mol. The van der Waals surface area contributed by atoms with E-state index in [-0.39, 0.29) is 5.91 Å². The molecule has 1 heterocycles. The van der Waals surface area contributed by atoms with Crippen LogP contribution >= 0.6 is 11.3 Å². The van der Waals surface area contributed by atoms with Gasteiger partial charge in [0.25, 0.3) is 5.91 Å². The Labute approximate surface area is 131 Å². The zero-order chi connectivity index (χ0) is 15.6. The molecule has 1 saturated carbocycles. The van der Waals surface area contributed by atoms with E-state index in [2.05, 4.69) is 31.4 Å². The van der Waals surface area contributed by atoms with E-state index in [1.54, 1.807) is 7.05 Å². The van der Waals surface area contributed by atoms with Crippen molar-refractivity contribution in [3.63, 3.8) is 0 Å². The van der Waals surface area contributed by atoms with Gasteiger partial charge < -0.3 is 16.4 Å². The fraction of sp³-hybridized carbons (Fsp3) is 0.688. The van der Waals surface area contributed by atoms with Crippen LogP contribution in [0.3, 0.4) is 0 Å². The summed E-state index contributed by atoms with van der Waals surface area (Å²) in [6.07, 6.45) is 4.69. The van der Waals surface area contributed by atoms with Gasteiger partial charge in [-0.05, 0) is 38.0 Å². The highest BCUT2D eigenvalue weighted by Crippen LogP contribution is 2.51. The summed E-state index contributed by atoms with van der Waals surface area (Å²) in [6.45, 7) is 6.71. The minimum Gasteiger partial charge on any atom is -0.397 e. The van der Waals surface area contributed by atoms with Crippen molar-refractivity contribution in [2.75, 3.05) is 18.1 Å². The summed E-state index contributed by atoms with van der Waals surface area (Å²) >= 11 is 1.50. The number of hydrogen-bond donors (Lipinski definition) is 3. The lowest BCUT2D eigenvalue weighted by Crippen LogP contribution is -2.18.